The van der Waals surface area contributed by atoms with Crippen LogP contribution >= 0.6 is 0 Å². The van der Waals surface area contributed by atoms with Crippen molar-refractivity contribution in [1.29, 1.82) is 0 Å². The summed E-state index contributed by atoms with van der Waals surface area (Å²) in [5, 5.41) is 9.74. The van der Waals surface area contributed by atoms with Crippen LogP contribution in [-0.2, 0) is 17.3 Å². The van der Waals surface area contributed by atoms with E-state index < -0.39 is 0 Å². The Hall–Kier alpha value is -2.57. The lowest BCUT2D eigenvalue weighted by Crippen LogP contribution is -2.33. The number of anilines is 1. The van der Waals surface area contributed by atoms with E-state index in [1.807, 2.05) is 6.07 Å². The summed E-state index contributed by atoms with van der Waals surface area (Å²) in [6.07, 6.45) is 0. The van der Waals surface area contributed by atoms with Crippen molar-refractivity contribution in [3.05, 3.63) is 34.9 Å². The summed E-state index contributed by atoms with van der Waals surface area (Å²) in [5.41, 5.74) is 1.22. The van der Waals surface area contributed by atoms with Gasteiger partial charge in [0.2, 0.25) is 5.91 Å². The number of hydrogen-bond donors (Lipinski definition) is 2. The molecule has 2 heterocycles. The van der Waals surface area contributed by atoms with E-state index in [2.05, 4.69) is 36.5 Å². The highest BCUT2D eigenvalue weighted by Crippen LogP contribution is 2.23. The van der Waals surface area contributed by atoms with Gasteiger partial charge in [-0.15, -0.1) is 0 Å². The van der Waals surface area contributed by atoms with E-state index in [1.54, 1.807) is 31.6 Å². The summed E-state index contributed by atoms with van der Waals surface area (Å²) in [6.45, 7) is 9.51. The molecule has 0 atom stereocenters. The Labute approximate surface area is 141 Å². The summed E-state index contributed by atoms with van der Waals surface area (Å²) in [6, 6.07) is 3.49. The third-order valence-corrected chi connectivity index (χ3v) is 3.61. The third kappa shape index (κ3) is 4.04. The van der Waals surface area contributed by atoms with E-state index in [1.165, 1.54) is 0 Å². The third-order valence-electron chi connectivity index (χ3n) is 3.61. The minimum Gasteiger partial charge on any atom is -0.466 e. The molecule has 7 heteroatoms. The zero-order valence-corrected chi connectivity index (χ0v) is 15.0. The number of nitrogens with zero attached hydrogens (tertiary/aromatic N) is 2. The van der Waals surface area contributed by atoms with Crippen molar-refractivity contribution in [3.63, 3.8) is 0 Å². The molecule has 0 radical (unpaired) electrons. The van der Waals surface area contributed by atoms with Crippen molar-refractivity contribution in [1.82, 2.24) is 15.1 Å². The van der Waals surface area contributed by atoms with E-state index >= 15 is 0 Å². The SMILES string of the molecule is Cc1cc(C(=O)NCC(=O)Nc2cc(C(C)(C)C)nn2C)c(C)o1. The van der Waals surface area contributed by atoms with E-state index in [0.29, 0.717) is 22.9 Å². The standard InChI is InChI=1S/C17H24N4O3/c1-10-7-12(11(2)24-10)16(23)18-9-15(22)19-14-8-13(17(3,4)5)20-21(14)6/h7-8H,9H2,1-6H3,(H,18,23)(H,19,22). The lowest BCUT2D eigenvalue weighted by atomic mass is 9.92. The van der Waals surface area contributed by atoms with Gasteiger partial charge in [-0.2, -0.15) is 5.10 Å². The Balaban J connectivity index is 1.95. The molecular formula is C17H24N4O3. The first-order valence-electron chi connectivity index (χ1n) is 7.77. The van der Waals surface area contributed by atoms with Gasteiger partial charge < -0.3 is 15.1 Å². The summed E-state index contributed by atoms with van der Waals surface area (Å²) >= 11 is 0. The molecule has 0 spiro atoms. The van der Waals surface area contributed by atoms with Crippen LogP contribution in [0.4, 0.5) is 5.82 Å². The number of furan rings is 1. The Morgan fingerprint density at radius 1 is 1.25 bits per heavy atom. The highest BCUT2D eigenvalue weighted by atomic mass is 16.3. The Morgan fingerprint density at radius 3 is 2.42 bits per heavy atom. The number of rotatable bonds is 4. The second-order valence-corrected chi connectivity index (χ2v) is 6.85. The van der Waals surface area contributed by atoms with Crippen LogP contribution < -0.4 is 10.6 Å². The monoisotopic (exact) mass is 332 g/mol. The molecule has 0 aliphatic heterocycles. The predicted octanol–water partition coefficient (Wildman–Crippen LogP) is 2.30. The molecular weight excluding hydrogens is 308 g/mol. The Bertz CT molecular complexity index is 765. The lowest BCUT2D eigenvalue weighted by Gasteiger charge is -2.13. The smallest absolute Gasteiger partial charge is 0.255 e. The average Bonchev–Trinajstić information content (AvgIpc) is 2.99. The number of hydrogen-bond acceptors (Lipinski definition) is 4. The topological polar surface area (TPSA) is 89.2 Å². The number of carbonyl (C=O) groups is 2. The van der Waals surface area contributed by atoms with Crippen LogP contribution in [0.2, 0.25) is 0 Å². The molecule has 2 aromatic heterocycles. The van der Waals surface area contributed by atoms with Crippen LogP contribution in [0.5, 0.6) is 0 Å². The number of nitrogens with one attached hydrogen (secondary N) is 2. The first kappa shape index (κ1) is 17.8. The zero-order valence-electron chi connectivity index (χ0n) is 15.0. The van der Waals surface area contributed by atoms with Gasteiger partial charge in [-0.3, -0.25) is 14.3 Å². The maximum absolute atomic E-state index is 12.1. The van der Waals surface area contributed by atoms with Gasteiger partial charge in [0.1, 0.15) is 17.3 Å². The van der Waals surface area contributed by atoms with Gasteiger partial charge >= 0.3 is 0 Å². The van der Waals surface area contributed by atoms with E-state index in [0.717, 1.165) is 5.69 Å². The summed E-state index contributed by atoms with van der Waals surface area (Å²) in [7, 11) is 1.76. The molecule has 2 aromatic rings. The molecule has 2 rings (SSSR count). The molecule has 0 saturated heterocycles. The fourth-order valence-electron chi connectivity index (χ4n) is 2.25. The number of amides is 2. The fourth-order valence-corrected chi connectivity index (χ4v) is 2.25. The maximum Gasteiger partial charge on any atom is 0.255 e. The van der Waals surface area contributed by atoms with Gasteiger partial charge in [0.25, 0.3) is 5.91 Å². The van der Waals surface area contributed by atoms with Gasteiger partial charge in [0.05, 0.1) is 17.8 Å². The van der Waals surface area contributed by atoms with Gasteiger partial charge in [0, 0.05) is 18.5 Å². The first-order chi connectivity index (χ1) is 11.1. The molecule has 0 bridgehead atoms. The van der Waals surface area contributed by atoms with Crippen molar-refractivity contribution < 1.29 is 14.0 Å². The number of carbonyl (C=O) groups excluding carboxylic acids is 2. The molecule has 0 aliphatic carbocycles. The van der Waals surface area contributed by atoms with Crippen LogP contribution in [0.15, 0.2) is 16.5 Å². The molecule has 0 unspecified atom stereocenters. The molecule has 24 heavy (non-hydrogen) atoms. The van der Waals surface area contributed by atoms with Gasteiger partial charge in [-0.05, 0) is 19.9 Å². The predicted molar refractivity (Wildman–Crippen MR) is 91.1 cm³/mol. The number of aromatic nitrogens is 2. The van der Waals surface area contributed by atoms with Crippen molar-refractivity contribution in [2.45, 2.75) is 40.0 Å². The highest BCUT2D eigenvalue weighted by molar-refractivity contribution is 5.99. The van der Waals surface area contributed by atoms with Crippen LogP contribution in [0.3, 0.4) is 0 Å². The minimum atomic E-state index is -0.333. The van der Waals surface area contributed by atoms with Crippen molar-refractivity contribution in [2.75, 3.05) is 11.9 Å². The highest BCUT2D eigenvalue weighted by Gasteiger charge is 2.20. The molecule has 0 fully saturated rings. The largest absolute Gasteiger partial charge is 0.466 e. The van der Waals surface area contributed by atoms with Gasteiger partial charge in [-0.25, -0.2) is 0 Å². The van der Waals surface area contributed by atoms with E-state index in [4.69, 9.17) is 4.42 Å². The minimum absolute atomic E-state index is 0.106. The van der Waals surface area contributed by atoms with Crippen molar-refractivity contribution in [3.8, 4) is 0 Å². The second kappa shape index (κ2) is 6.51. The van der Waals surface area contributed by atoms with E-state index in [-0.39, 0.29) is 23.8 Å². The maximum atomic E-state index is 12.1. The molecule has 0 saturated carbocycles. The fraction of sp³-hybridized carbons (Fsp3) is 0.471. The summed E-state index contributed by atoms with van der Waals surface area (Å²) in [5.74, 6) is 1.14. The van der Waals surface area contributed by atoms with Crippen molar-refractivity contribution >= 4 is 17.6 Å². The molecule has 0 aromatic carbocycles. The molecule has 7 nitrogen and oxygen atoms in total. The Morgan fingerprint density at radius 2 is 1.92 bits per heavy atom. The molecule has 2 N–H and O–H groups in total. The van der Waals surface area contributed by atoms with Crippen LogP contribution in [0, 0.1) is 13.8 Å². The van der Waals surface area contributed by atoms with E-state index in [9.17, 15) is 9.59 Å². The quantitative estimate of drug-likeness (QED) is 0.899. The first-order valence-corrected chi connectivity index (χ1v) is 7.77. The molecule has 0 aliphatic rings. The van der Waals surface area contributed by atoms with Gasteiger partial charge in [0.15, 0.2) is 0 Å². The van der Waals surface area contributed by atoms with Crippen LogP contribution in [0.1, 0.15) is 48.3 Å². The Kier molecular flexibility index (Phi) is 4.82. The van der Waals surface area contributed by atoms with Crippen LogP contribution in [0.25, 0.3) is 0 Å². The van der Waals surface area contributed by atoms with Gasteiger partial charge in [-0.1, -0.05) is 20.8 Å². The molecule has 2 amide bonds. The lowest BCUT2D eigenvalue weighted by molar-refractivity contribution is -0.115. The second-order valence-electron chi connectivity index (χ2n) is 6.85. The average molecular weight is 332 g/mol. The summed E-state index contributed by atoms with van der Waals surface area (Å²) in [4.78, 5) is 24.1. The van der Waals surface area contributed by atoms with Crippen LogP contribution in [-0.4, -0.2) is 28.1 Å². The van der Waals surface area contributed by atoms with Crippen molar-refractivity contribution in [2.24, 2.45) is 7.05 Å². The summed E-state index contributed by atoms with van der Waals surface area (Å²) < 4.78 is 6.93. The zero-order chi connectivity index (χ0) is 18.1. The normalized spacial score (nSPS) is 11.4. The molecule has 130 valence electrons. The number of aryl methyl sites for hydroxylation is 3.